The largest absolute Gasteiger partial charge is 0.464 e. The van der Waals surface area contributed by atoms with Gasteiger partial charge in [0.1, 0.15) is 0 Å². The average Bonchev–Trinajstić information content (AvgIpc) is 2.86. The zero-order valence-electron chi connectivity index (χ0n) is 9.36. The van der Waals surface area contributed by atoms with Crippen LogP contribution in [0, 0.1) is 5.92 Å². The molecule has 1 aromatic rings. The van der Waals surface area contributed by atoms with Crippen LogP contribution < -0.4 is 0 Å². The Morgan fingerprint density at radius 3 is 2.60 bits per heavy atom. The Labute approximate surface area is 90.4 Å². The summed E-state index contributed by atoms with van der Waals surface area (Å²) in [5.74, 6) is 0.818. The lowest BCUT2D eigenvalue weighted by Gasteiger charge is -2.25. The minimum Gasteiger partial charge on any atom is -0.464 e. The highest BCUT2D eigenvalue weighted by molar-refractivity contribution is 5.07. The molecule has 1 fully saturated rings. The van der Waals surface area contributed by atoms with Crippen molar-refractivity contribution in [1.29, 1.82) is 0 Å². The van der Waals surface area contributed by atoms with Gasteiger partial charge in [0.15, 0.2) is 5.76 Å². The second-order valence-electron chi connectivity index (χ2n) is 4.36. The van der Waals surface area contributed by atoms with Gasteiger partial charge in [0.2, 0.25) is 5.79 Å². The first-order valence-electron chi connectivity index (χ1n) is 5.55. The lowest BCUT2D eigenvalue weighted by atomic mass is 10.0. The van der Waals surface area contributed by atoms with Crippen LogP contribution in [-0.4, -0.2) is 13.2 Å². The second kappa shape index (κ2) is 4.37. The van der Waals surface area contributed by atoms with Crippen molar-refractivity contribution in [2.45, 2.75) is 32.5 Å². The molecule has 0 atom stereocenters. The van der Waals surface area contributed by atoms with E-state index in [0.717, 1.165) is 18.6 Å². The van der Waals surface area contributed by atoms with Gasteiger partial charge in [0.25, 0.3) is 0 Å². The molecule has 2 heterocycles. The predicted octanol–water partition coefficient (Wildman–Crippen LogP) is 2.92. The fraction of sp³-hybridized carbons (Fsp3) is 0.667. The molecule has 2 rings (SSSR count). The molecule has 0 N–H and O–H groups in total. The van der Waals surface area contributed by atoms with Crippen molar-refractivity contribution in [3.05, 3.63) is 24.2 Å². The van der Waals surface area contributed by atoms with Gasteiger partial charge >= 0.3 is 0 Å². The fourth-order valence-corrected chi connectivity index (χ4v) is 1.84. The summed E-state index contributed by atoms with van der Waals surface area (Å²) in [4.78, 5) is 0. The van der Waals surface area contributed by atoms with Gasteiger partial charge in [-0.2, -0.15) is 0 Å². The highest BCUT2D eigenvalue weighted by Gasteiger charge is 2.40. The SMILES string of the molecule is CC(C)CCC1(c2ccco2)OCCO1. The Kier molecular flexibility index (Phi) is 3.12. The first-order chi connectivity index (χ1) is 7.23. The topological polar surface area (TPSA) is 31.6 Å². The maximum Gasteiger partial charge on any atom is 0.228 e. The van der Waals surface area contributed by atoms with Gasteiger partial charge < -0.3 is 13.9 Å². The highest BCUT2D eigenvalue weighted by Crippen LogP contribution is 2.37. The molecule has 3 heteroatoms. The molecule has 1 aliphatic rings. The third-order valence-corrected chi connectivity index (χ3v) is 2.70. The average molecular weight is 210 g/mol. The summed E-state index contributed by atoms with van der Waals surface area (Å²) in [6.07, 6.45) is 3.59. The van der Waals surface area contributed by atoms with Gasteiger partial charge in [-0.05, 0) is 24.5 Å². The van der Waals surface area contributed by atoms with Gasteiger partial charge in [-0.3, -0.25) is 0 Å². The molecule has 15 heavy (non-hydrogen) atoms. The van der Waals surface area contributed by atoms with E-state index in [1.165, 1.54) is 0 Å². The molecule has 1 aliphatic heterocycles. The molecular weight excluding hydrogens is 192 g/mol. The van der Waals surface area contributed by atoms with E-state index in [1.54, 1.807) is 6.26 Å². The molecule has 0 radical (unpaired) electrons. The molecule has 1 aromatic heterocycles. The molecule has 1 saturated heterocycles. The molecule has 0 saturated carbocycles. The van der Waals surface area contributed by atoms with Crippen LogP contribution in [0.4, 0.5) is 0 Å². The lowest BCUT2D eigenvalue weighted by molar-refractivity contribution is -0.185. The summed E-state index contributed by atoms with van der Waals surface area (Å²) < 4.78 is 16.8. The van der Waals surface area contributed by atoms with E-state index in [-0.39, 0.29) is 0 Å². The number of ether oxygens (including phenoxy) is 2. The van der Waals surface area contributed by atoms with Crippen LogP contribution in [0.5, 0.6) is 0 Å². The molecule has 0 bridgehead atoms. The highest BCUT2D eigenvalue weighted by atomic mass is 16.7. The zero-order valence-corrected chi connectivity index (χ0v) is 9.36. The van der Waals surface area contributed by atoms with Crippen molar-refractivity contribution in [2.24, 2.45) is 5.92 Å². The van der Waals surface area contributed by atoms with E-state index < -0.39 is 5.79 Å². The number of hydrogen-bond donors (Lipinski definition) is 0. The van der Waals surface area contributed by atoms with E-state index in [0.29, 0.717) is 19.1 Å². The van der Waals surface area contributed by atoms with Gasteiger partial charge in [-0.25, -0.2) is 0 Å². The van der Waals surface area contributed by atoms with E-state index in [4.69, 9.17) is 13.9 Å². The van der Waals surface area contributed by atoms with Crippen molar-refractivity contribution in [1.82, 2.24) is 0 Å². The van der Waals surface area contributed by atoms with Crippen LogP contribution in [0.25, 0.3) is 0 Å². The van der Waals surface area contributed by atoms with Crippen molar-refractivity contribution >= 4 is 0 Å². The lowest BCUT2D eigenvalue weighted by Crippen LogP contribution is -2.27. The van der Waals surface area contributed by atoms with E-state index in [2.05, 4.69) is 13.8 Å². The summed E-state index contributed by atoms with van der Waals surface area (Å²) in [5.41, 5.74) is 0. The summed E-state index contributed by atoms with van der Waals surface area (Å²) >= 11 is 0. The minimum atomic E-state index is -0.617. The molecular formula is C12H18O3. The van der Waals surface area contributed by atoms with Crippen LogP contribution in [-0.2, 0) is 15.3 Å². The van der Waals surface area contributed by atoms with Gasteiger partial charge in [-0.1, -0.05) is 13.8 Å². The minimum absolute atomic E-state index is 0.617. The monoisotopic (exact) mass is 210 g/mol. The van der Waals surface area contributed by atoms with Crippen LogP contribution in [0.15, 0.2) is 22.8 Å². The normalized spacial score (nSPS) is 19.9. The Hall–Kier alpha value is -0.800. The number of furan rings is 1. The van der Waals surface area contributed by atoms with Crippen molar-refractivity contribution in [3.63, 3.8) is 0 Å². The quantitative estimate of drug-likeness (QED) is 0.765. The molecule has 3 nitrogen and oxygen atoms in total. The van der Waals surface area contributed by atoms with Crippen molar-refractivity contribution < 1.29 is 13.9 Å². The first-order valence-corrected chi connectivity index (χ1v) is 5.55. The van der Waals surface area contributed by atoms with Crippen LogP contribution in [0.1, 0.15) is 32.4 Å². The summed E-state index contributed by atoms with van der Waals surface area (Å²) in [6, 6.07) is 3.79. The van der Waals surface area contributed by atoms with Crippen molar-refractivity contribution in [3.8, 4) is 0 Å². The molecule has 0 unspecified atom stereocenters. The van der Waals surface area contributed by atoms with Gasteiger partial charge in [0.05, 0.1) is 19.5 Å². The molecule has 84 valence electrons. The molecule has 0 amide bonds. The zero-order chi connectivity index (χ0) is 10.7. The third-order valence-electron chi connectivity index (χ3n) is 2.70. The standard InChI is InChI=1S/C12H18O3/c1-10(2)5-6-12(14-8-9-15-12)11-4-3-7-13-11/h3-4,7,10H,5-6,8-9H2,1-2H3. The van der Waals surface area contributed by atoms with E-state index >= 15 is 0 Å². The van der Waals surface area contributed by atoms with Crippen LogP contribution >= 0.6 is 0 Å². The van der Waals surface area contributed by atoms with E-state index in [9.17, 15) is 0 Å². The molecule has 0 aromatic carbocycles. The summed E-state index contributed by atoms with van der Waals surface area (Å²) in [5, 5.41) is 0. The first kappa shape index (κ1) is 10.7. The number of rotatable bonds is 4. The molecule has 0 aliphatic carbocycles. The maximum absolute atomic E-state index is 5.72. The predicted molar refractivity (Wildman–Crippen MR) is 56.4 cm³/mol. The van der Waals surface area contributed by atoms with E-state index in [1.807, 2.05) is 12.1 Å². The Morgan fingerprint density at radius 1 is 1.33 bits per heavy atom. The Balaban J connectivity index is 2.10. The molecule has 0 spiro atoms. The smallest absolute Gasteiger partial charge is 0.228 e. The Bertz CT molecular complexity index is 284. The summed E-state index contributed by atoms with van der Waals surface area (Å²) in [6.45, 7) is 5.70. The third kappa shape index (κ3) is 2.24. The van der Waals surface area contributed by atoms with Crippen LogP contribution in [0.3, 0.4) is 0 Å². The van der Waals surface area contributed by atoms with Crippen LogP contribution in [0.2, 0.25) is 0 Å². The summed E-state index contributed by atoms with van der Waals surface area (Å²) in [7, 11) is 0. The van der Waals surface area contributed by atoms with Gasteiger partial charge in [0, 0.05) is 6.42 Å². The maximum atomic E-state index is 5.72. The van der Waals surface area contributed by atoms with Crippen molar-refractivity contribution in [2.75, 3.05) is 13.2 Å². The number of hydrogen-bond acceptors (Lipinski definition) is 3. The second-order valence-corrected chi connectivity index (χ2v) is 4.36. The fourth-order valence-electron chi connectivity index (χ4n) is 1.84. The van der Waals surface area contributed by atoms with Gasteiger partial charge in [-0.15, -0.1) is 0 Å². The Morgan fingerprint density at radius 2 is 2.07 bits per heavy atom.